The van der Waals surface area contributed by atoms with Crippen molar-refractivity contribution >= 4 is 28.8 Å². The average Bonchev–Trinajstić information content (AvgIpc) is 2.87. The van der Waals surface area contributed by atoms with Crippen LogP contribution in [0.5, 0.6) is 0 Å². The van der Waals surface area contributed by atoms with Crippen LogP contribution in [0.4, 0.5) is 5.69 Å². The van der Waals surface area contributed by atoms with Crippen LogP contribution >= 0.6 is 11.6 Å². The summed E-state index contributed by atoms with van der Waals surface area (Å²) >= 11 is 6.08. The Morgan fingerprint density at radius 2 is 2.15 bits per heavy atom. The van der Waals surface area contributed by atoms with E-state index in [0.29, 0.717) is 16.4 Å². The van der Waals surface area contributed by atoms with E-state index in [1.807, 2.05) is 37.3 Å². The van der Waals surface area contributed by atoms with Crippen LogP contribution in [-0.4, -0.2) is 15.3 Å². The van der Waals surface area contributed by atoms with Crippen LogP contribution in [0.3, 0.4) is 0 Å². The Labute approximate surface area is 121 Å². The molecule has 1 aromatic carbocycles. The Morgan fingerprint density at radius 1 is 1.30 bits per heavy atom. The van der Waals surface area contributed by atoms with Crippen molar-refractivity contribution in [3.8, 4) is 0 Å². The van der Waals surface area contributed by atoms with Crippen molar-refractivity contribution < 1.29 is 4.79 Å². The number of nitrogens with zero attached hydrogens (tertiary/aromatic N) is 2. The highest BCUT2D eigenvalue weighted by molar-refractivity contribution is 6.33. The van der Waals surface area contributed by atoms with E-state index in [9.17, 15) is 4.79 Å². The van der Waals surface area contributed by atoms with Gasteiger partial charge in [-0.25, -0.2) is 4.98 Å². The lowest BCUT2D eigenvalue weighted by Crippen LogP contribution is -2.14. The Kier molecular flexibility index (Phi) is 3.16. The zero-order chi connectivity index (χ0) is 14.1. The van der Waals surface area contributed by atoms with Gasteiger partial charge >= 0.3 is 0 Å². The second kappa shape index (κ2) is 4.98. The molecule has 0 unspecified atom stereocenters. The summed E-state index contributed by atoms with van der Waals surface area (Å²) in [5, 5.41) is 3.33. The summed E-state index contributed by atoms with van der Waals surface area (Å²) in [5.74, 6) is -0.240. The molecule has 0 saturated carbocycles. The van der Waals surface area contributed by atoms with Crippen LogP contribution in [0.2, 0.25) is 5.02 Å². The van der Waals surface area contributed by atoms with Crippen LogP contribution in [0.1, 0.15) is 16.1 Å². The van der Waals surface area contributed by atoms with Crippen molar-refractivity contribution in [2.24, 2.45) is 0 Å². The first-order valence-electron chi connectivity index (χ1n) is 6.15. The van der Waals surface area contributed by atoms with Crippen molar-refractivity contribution in [2.75, 3.05) is 5.32 Å². The van der Waals surface area contributed by atoms with E-state index in [1.54, 1.807) is 22.9 Å². The molecule has 0 spiro atoms. The van der Waals surface area contributed by atoms with Crippen LogP contribution in [0.25, 0.3) is 5.65 Å². The van der Waals surface area contributed by atoms with E-state index < -0.39 is 0 Å². The Balaban J connectivity index is 1.95. The number of carbonyl (C=O) groups excluding carboxylic acids is 1. The summed E-state index contributed by atoms with van der Waals surface area (Å²) in [5.41, 5.74) is 2.83. The van der Waals surface area contributed by atoms with Gasteiger partial charge in [0, 0.05) is 6.20 Å². The fourth-order valence-corrected chi connectivity index (χ4v) is 2.19. The molecule has 2 heterocycles. The molecular weight excluding hydrogens is 274 g/mol. The molecule has 3 rings (SSSR count). The molecule has 1 amide bonds. The molecule has 2 aromatic heterocycles. The van der Waals surface area contributed by atoms with Gasteiger partial charge in [0.05, 0.1) is 16.9 Å². The smallest absolute Gasteiger partial charge is 0.274 e. The number of nitrogens with one attached hydrogen (secondary N) is 1. The van der Waals surface area contributed by atoms with Gasteiger partial charge < -0.3 is 5.32 Å². The standard InChI is InChI=1S/C15H12ClN3O/c1-10-5-6-11(16)12(8-10)18-15(20)13-9-17-14-4-2-3-7-19(13)14/h2-9H,1H3,(H,18,20). The summed E-state index contributed by atoms with van der Waals surface area (Å²) < 4.78 is 1.74. The van der Waals surface area contributed by atoms with Gasteiger partial charge in [0.2, 0.25) is 0 Å². The van der Waals surface area contributed by atoms with Crippen molar-refractivity contribution in [1.82, 2.24) is 9.38 Å². The largest absolute Gasteiger partial charge is 0.319 e. The monoisotopic (exact) mass is 285 g/mol. The van der Waals surface area contributed by atoms with E-state index in [0.717, 1.165) is 11.2 Å². The van der Waals surface area contributed by atoms with E-state index in [2.05, 4.69) is 10.3 Å². The zero-order valence-corrected chi connectivity index (χ0v) is 11.6. The predicted octanol–water partition coefficient (Wildman–Crippen LogP) is 3.55. The van der Waals surface area contributed by atoms with Gasteiger partial charge in [0.15, 0.2) is 0 Å². The third-order valence-corrected chi connectivity index (χ3v) is 3.35. The maximum atomic E-state index is 12.3. The minimum absolute atomic E-state index is 0.240. The second-order valence-corrected chi connectivity index (χ2v) is 4.92. The zero-order valence-electron chi connectivity index (χ0n) is 10.8. The minimum Gasteiger partial charge on any atom is -0.319 e. The van der Waals surface area contributed by atoms with Crippen molar-refractivity contribution in [1.29, 1.82) is 0 Å². The fourth-order valence-electron chi connectivity index (χ4n) is 2.02. The highest BCUT2D eigenvalue weighted by Crippen LogP contribution is 2.23. The first-order valence-corrected chi connectivity index (χ1v) is 6.52. The number of fused-ring (bicyclic) bond motifs is 1. The predicted molar refractivity (Wildman–Crippen MR) is 79.3 cm³/mol. The van der Waals surface area contributed by atoms with E-state index in [4.69, 9.17) is 11.6 Å². The summed E-state index contributed by atoms with van der Waals surface area (Å²) in [6.45, 7) is 1.94. The van der Waals surface area contributed by atoms with Crippen molar-refractivity contribution in [3.63, 3.8) is 0 Å². The second-order valence-electron chi connectivity index (χ2n) is 4.51. The van der Waals surface area contributed by atoms with Crippen LogP contribution in [0, 0.1) is 6.92 Å². The van der Waals surface area contributed by atoms with Gasteiger partial charge in [-0.15, -0.1) is 0 Å². The van der Waals surface area contributed by atoms with Crippen LogP contribution in [-0.2, 0) is 0 Å². The summed E-state index contributed by atoms with van der Waals surface area (Å²) in [7, 11) is 0. The number of pyridine rings is 1. The topological polar surface area (TPSA) is 46.4 Å². The highest BCUT2D eigenvalue weighted by atomic mass is 35.5. The number of rotatable bonds is 2. The van der Waals surface area contributed by atoms with Gasteiger partial charge in [0.25, 0.3) is 5.91 Å². The maximum absolute atomic E-state index is 12.3. The Bertz CT molecular complexity index is 795. The van der Waals surface area contributed by atoms with E-state index in [1.165, 1.54) is 0 Å². The van der Waals surface area contributed by atoms with Crippen LogP contribution < -0.4 is 5.32 Å². The number of halogens is 1. The first-order chi connectivity index (χ1) is 9.65. The highest BCUT2D eigenvalue weighted by Gasteiger charge is 2.13. The van der Waals surface area contributed by atoms with Crippen molar-refractivity contribution in [3.05, 3.63) is 65.1 Å². The minimum atomic E-state index is -0.240. The summed E-state index contributed by atoms with van der Waals surface area (Å²) in [4.78, 5) is 16.5. The molecule has 0 radical (unpaired) electrons. The number of anilines is 1. The Morgan fingerprint density at radius 3 is 3.00 bits per heavy atom. The van der Waals surface area contributed by atoms with Gasteiger partial charge in [0.1, 0.15) is 11.3 Å². The van der Waals surface area contributed by atoms with Crippen LogP contribution in [0.15, 0.2) is 48.8 Å². The molecule has 20 heavy (non-hydrogen) atoms. The molecule has 5 heteroatoms. The molecular formula is C15H12ClN3O. The SMILES string of the molecule is Cc1ccc(Cl)c(NC(=O)c2cnc3ccccn23)c1. The third kappa shape index (κ3) is 2.26. The molecule has 0 aliphatic heterocycles. The molecule has 0 aliphatic rings. The molecule has 1 N–H and O–H groups in total. The molecule has 0 atom stereocenters. The normalized spacial score (nSPS) is 10.7. The molecule has 100 valence electrons. The lowest BCUT2D eigenvalue weighted by Gasteiger charge is -2.08. The number of aromatic nitrogens is 2. The third-order valence-electron chi connectivity index (χ3n) is 3.02. The summed E-state index contributed by atoms with van der Waals surface area (Å²) in [6, 6.07) is 11.1. The fraction of sp³-hybridized carbons (Fsp3) is 0.0667. The number of hydrogen-bond donors (Lipinski definition) is 1. The van der Waals surface area contributed by atoms with Gasteiger partial charge in [-0.3, -0.25) is 9.20 Å². The number of amides is 1. The summed E-state index contributed by atoms with van der Waals surface area (Å²) in [6.07, 6.45) is 3.35. The number of carbonyl (C=O) groups is 1. The lowest BCUT2D eigenvalue weighted by atomic mass is 10.2. The molecule has 0 aliphatic carbocycles. The molecule has 3 aromatic rings. The number of imidazole rings is 1. The first kappa shape index (κ1) is 12.7. The molecule has 0 saturated heterocycles. The number of benzene rings is 1. The van der Waals surface area contributed by atoms with Gasteiger partial charge in [-0.1, -0.05) is 23.7 Å². The van der Waals surface area contributed by atoms with Crippen molar-refractivity contribution in [2.45, 2.75) is 6.92 Å². The van der Waals surface area contributed by atoms with E-state index in [-0.39, 0.29) is 5.91 Å². The van der Waals surface area contributed by atoms with E-state index >= 15 is 0 Å². The number of hydrogen-bond acceptors (Lipinski definition) is 2. The molecule has 4 nitrogen and oxygen atoms in total. The maximum Gasteiger partial charge on any atom is 0.274 e. The average molecular weight is 286 g/mol. The number of aryl methyl sites for hydroxylation is 1. The Hall–Kier alpha value is -2.33. The molecule has 0 bridgehead atoms. The lowest BCUT2D eigenvalue weighted by molar-refractivity contribution is 0.102. The molecule has 0 fully saturated rings. The quantitative estimate of drug-likeness (QED) is 0.783. The van der Waals surface area contributed by atoms with Gasteiger partial charge in [-0.2, -0.15) is 0 Å². The van der Waals surface area contributed by atoms with Gasteiger partial charge in [-0.05, 0) is 36.8 Å².